The maximum atomic E-state index is 12.8. The van der Waals surface area contributed by atoms with Gasteiger partial charge in [0, 0.05) is 21.0 Å². The Labute approximate surface area is 195 Å². The first-order valence-corrected chi connectivity index (χ1v) is 11.6. The zero-order valence-electron chi connectivity index (χ0n) is 16.0. The second-order valence-corrected chi connectivity index (χ2v) is 9.68. The van der Waals surface area contributed by atoms with E-state index in [0.29, 0.717) is 25.4 Å². The molecule has 0 fully saturated rings. The Hall–Kier alpha value is -2.52. The molecule has 1 amide bonds. The first-order valence-electron chi connectivity index (χ1n) is 9.05. The standard InChI is InChI=1S/C21H15Cl2N3O3S2/c1-10(18(28)24-15-8-13(23)6-7-16(15)27)31-21-25-19(29)17-14(9-30-20(17)26-21)11-2-4-12(22)5-3-11/h2-10,27H,1H3,(H,24,28)(H,25,26,29). The number of aromatic hydroxyl groups is 1. The van der Waals surface area contributed by atoms with Crippen molar-refractivity contribution in [3.63, 3.8) is 0 Å². The molecule has 0 saturated carbocycles. The molecule has 0 saturated heterocycles. The Morgan fingerprint density at radius 1 is 1.19 bits per heavy atom. The van der Waals surface area contributed by atoms with Crippen molar-refractivity contribution in [2.24, 2.45) is 0 Å². The van der Waals surface area contributed by atoms with Crippen molar-refractivity contribution in [2.45, 2.75) is 17.3 Å². The van der Waals surface area contributed by atoms with Crippen LogP contribution in [0, 0.1) is 0 Å². The first-order chi connectivity index (χ1) is 14.8. The van der Waals surface area contributed by atoms with Crippen molar-refractivity contribution < 1.29 is 9.90 Å². The molecular weight excluding hydrogens is 477 g/mol. The molecule has 158 valence electrons. The predicted molar refractivity (Wildman–Crippen MR) is 128 cm³/mol. The minimum Gasteiger partial charge on any atom is -0.506 e. The number of phenols is 1. The van der Waals surface area contributed by atoms with Crippen LogP contribution in [0.2, 0.25) is 10.0 Å². The Balaban J connectivity index is 1.56. The second-order valence-electron chi connectivity index (χ2n) is 6.62. The van der Waals surface area contributed by atoms with E-state index in [2.05, 4.69) is 15.3 Å². The van der Waals surface area contributed by atoms with Gasteiger partial charge in [-0.3, -0.25) is 9.59 Å². The molecule has 0 aliphatic carbocycles. The van der Waals surface area contributed by atoms with Crippen molar-refractivity contribution in [3.05, 3.63) is 68.2 Å². The lowest BCUT2D eigenvalue weighted by Crippen LogP contribution is -2.23. The number of thioether (sulfide) groups is 1. The lowest BCUT2D eigenvalue weighted by Gasteiger charge is -2.12. The zero-order valence-corrected chi connectivity index (χ0v) is 19.1. The van der Waals surface area contributed by atoms with Gasteiger partial charge in [0.1, 0.15) is 10.6 Å². The number of fused-ring (bicyclic) bond motifs is 1. The second kappa shape index (κ2) is 8.92. The van der Waals surface area contributed by atoms with E-state index in [9.17, 15) is 14.7 Å². The van der Waals surface area contributed by atoms with E-state index >= 15 is 0 Å². The largest absolute Gasteiger partial charge is 0.506 e. The average molecular weight is 492 g/mol. The summed E-state index contributed by atoms with van der Waals surface area (Å²) in [7, 11) is 0. The molecule has 1 unspecified atom stereocenters. The van der Waals surface area contributed by atoms with E-state index in [1.54, 1.807) is 19.1 Å². The van der Waals surface area contributed by atoms with Crippen LogP contribution in [0.1, 0.15) is 6.92 Å². The highest BCUT2D eigenvalue weighted by Crippen LogP contribution is 2.33. The summed E-state index contributed by atoms with van der Waals surface area (Å²) in [4.78, 5) is 33.1. The highest BCUT2D eigenvalue weighted by Gasteiger charge is 2.19. The minimum atomic E-state index is -0.588. The molecule has 3 N–H and O–H groups in total. The summed E-state index contributed by atoms with van der Waals surface area (Å²) in [6, 6.07) is 11.6. The number of halogens is 2. The van der Waals surface area contributed by atoms with E-state index in [-0.39, 0.29) is 22.9 Å². The molecule has 2 heterocycles. The summed E-state index contributed by atoms with van der Waals surface area (Å²) in [5.74, 6) is -0.449. The fourth-order valence-electron chi connectivity index (χ4n) is 2.89. The van der Waals surface area contributed by atoms with Crippen LogP contribution in [-0.2, 0) is 4.79 Å². The van der Waals surface area contributed by atoms with Crippen LogP contribution >= 0.6 is 46.3 Å². The lowest BCUT2D eigenvalue weighted by atomic mass is 10.1. The van der Waals surface area contributed by atoms with Crippen molar-refractivity contribution in [1.82, 2.24) is 9.97 Å². The number of nitrogens with zero attached hydrogens (tertiary/aromatic N) is 1. The van der Waals surface area contributed by atoms with Crippen molar-refractivity contribution in [1.29, 1.82) is 0 Å². The Morgan fingerprint density at radius 2 is 1.90 bits per heavy atom. The molecule has 31 heavy (non-hydrogen) atoms. The van der Waals surface area contributed by atoms with Crippen LogP contribution in [0.5, 0.6) is 5.75 Å². The number of hydrogen-bond acceptors (Lipinski definition) is 6. The summed E-state index contributed by atoms with van der Waals surface area (Å²) in [5.41, 5.74) is 1.59. The average Bonchev–Trinajstić information content (AvgIpc) is 3.15. The van der Waals surface area contributed by atoms with Crippen LogP contribution in [0.4, 0.5) is 5.69 Å². The van der Waals surface area contributed by atoms with Gasteiger partial charge in [0.2, 0.25) is 5.91 Å². The number of aromatic nitrogens is 2. The summed E-state index contributed by atoms with van der Waals surface area (Å²) in [6.07, 6.45) is 0. The number of thiophene rings is 1. The third kappa shape index (κ3) is 4.72. The smallest absolute Gasteiger partial charge is 0.260 e. The number of hydrogen-bond donors (Lipinski definition) is 3. The molecule has 4 rings (SSSR count). The van der Waals surface area contributed by atoms with Gasteiger partial charge in [-0.2, -0.15) is 0 Å². The quantitative estimate of drug-likeness (QED) is 0.186. The summed E-state index contributed by atoms with van der Waals surface area (Å²) in [5, 5.41) is 15.6. The number of aromatic amines is 1. The maximum absolute atomic E-state index is 12.8. The first kappa shape index (κ1) is 21.7. The number of benzene rings is 2. The van der Waals surface area contributed by atoms with E-state index < -0.39 is 5.25 Å². The third-order valence-corrected chi connectivity index (χ3v) is 6.80. The van der Waals surface area contributed by atoms with Crippen molar-refractivity contribution in [2.75, 3.05) is 5.32 Å². The molecule has 0 bridgehead atoms. The summed E-state index contributed by atoms with van der Waals surface area (Å²) >= 11 is 14.3. The Morgan fingerprint density at radius 3 is 2.65 bits per heavy atom. The number of carbonyl (C=O) groups is 1. The number of rotatable bonds is 5. The van der Waals surface area contributed by atoms with Gasteiger partial charge in [-0.25, -0.2) is 4.98 Å². The number of carbonyl (C=O) groups excluding carboxylic acids is 1. The third-order valence-electron chi connectivity index (χ3n) is 4.45. The van der Waals surface area contributed by atoms with Crippen molar-refractivity contribution >= 4 is 68.1 Å². The monoisotopic (exact) mass is 491 g/mol. The van der Waals surface area contributed by atoms with E-state index in [1.807, 2.05) is 17.5 Å². The van der Waals surface area contributed by atoms with Crippen LogP contribution in [-0.4, -0.2) is 26.2 Å². The number of H-pyrrole nitrogens is 1. The minimum absolute atomic E-state index is 0.0868. The fourth-order valence-corrected chi connectivity index (χ4v) is 4.99. The van der Waals surface area contributed by atoms with Gasteiger partial charge < -0.3 is 15.4 Å². The van der Waals surface area contributed by atoms with E-state index in [4.69, 9.17) is 23.2 Å². The lowest BCUT2D eigenvalue weighted by molar-refractivity contribution is -0.115. The number of anilines is 1. The Kier molecular flexibility index (Phi) is 6.24. The number of amides is 1. The van der Waals surface area contributed by atoms with Crippen molar-refractivity contribution in [3.8, 4) is 16.9 Å². The normalized spacial score (nSPS) is 12.1. The molecule has 10 heteroatoms. The van der Waals surface area contributed by atoms with Gasteiger partial charge in [0.05, 0.1) is 16.3 Å². The number of phenolic OH excluding ortho intramolecular Hbond substituents is 1. The molecule has 0 spiro atoms. The van der Waals surface area contributed by atoms with Crippen LogP contribution < -0.4 is 10.9 Å². The topological polar surface area (TPSA) is 95.1 Å². The zero-order chi connectivity index (χ0) is 22.1. The molecule has 1 atom stereocenters. The molecule has 4 aromatic rings. The molecular formula is C21H15Cl2N3O3S2. The molecule has 0 aliphatic rings. The van der Waals surface area contributed by atoms with Gasteiger partial charge in [-0.1, -0.05) is 47.1 Å². The van der Waals surface area contributed by atoms with Gasteiger partial charge in [0.25, 0.3) is 5.56 Å². The molecule has 2 aromatic heterocycles. The van der Waals surface area contributed by atoms with Gasteiger partial charge in [0.15, 0.2) is 5.16 Å². The van der Waals surface area contributed by atoms with Crippen LogP contribution in [0.25, 0.3) is 21.3 Å². The predicted octanol–water partition coefficient (Wildman–Crippen LogP) is 5.78. The maximum Gasteiger partial charge on any atom is 0.260 e. The highest BCUT2D eigenvalue weighted by atomic mass is 35.5. The van der Waals surface area contributed by atoms with E-state index in [0.717, 1.165) is 22.9 Å². The molecule has 0 aliphatic heterocycles. The van der Waals surface area contributed by atoms with Gasteiger partial charge >= 0.3 is 0 Å². The SMILES string of the molecule is CC(Sc1nc2scc(-c3ccc(Cl)cc3)c2c(=O)[nH]1)C(=O)Nc1cc(Cl)ccc1O. The molecule has 2 aromatic carbocycles. The highest BCUT2D eigenvalue weighted by molar-refractivity contribution is 8.00. The fraction of sp³-hybridized carbons (Fsp3) is 0.0952. The van der Waals surface area contributed by atoms with Gasteiger partial charge in [-0.05, 0) is 42.8 Å². The van der Waals surface area contributed by atoms with Gasteiger partial charge in [-0.15, -0.1) is 11.3 Å². The number of nitrogens with one attached hydrogen (secondary N) is 2. The molecule has 0 radical (unpaired) electrons. The van der Waals surface area contributed by atoms with E-state index in [1.165, 1.54) is 29.5 Å². The summed E-state index contributed by atoms with van der Waals surface area (Å²) < 4.78 is 0. The Bertz CT molecular complexity index is 1340. The van der Waals surface area contributed by atoms with Crippen LogP contribution in [0.3, 0.4) is 0 Å². The molecule has 6 nitrogen and oxygen atoms in total. The van der Waals surface area contributed by atoms with Crippen LogP contribution in [0.15, 0.2) is 57.8 Å². The summed E-state index contributed by atoms with van der Waals surface area (Å²) in [6.45, 7) is 1.68.